The van der Waals surface area contributed by atoms with Gasteiger partial charge in [-0.05, 0) is 11.1 Å². The van der Waals surface area contributed by atoms with Gasteiger partial charge in [-0.15, -0.1) is 0 Å². The second-order valence-corrected chi connectivity index (χ2v) is 5.93. The number of carbonyl (C=O) groups excluding carboxylic acids is 2. The van der Waals surface area contributed by atoms with E-state index < -0.39 is 12.1 Å². The minimum absolute atomic E-state index is 0.0450. The molecule has 1 saturated heterocycles. The van der Waals surface area contributed by atoms with E-state index in [0.717, 1.165) is 11.1 Å². The van der Waals surface area contributed by atoms with Gasteiger partial charge >= 0.3 is 0 Å². The molecule has 24 heavy (non-hydrogen) atoms. The number of ketones is 1. The first-order valence-corrected chi connectivity index (χ1v) is 8.23. The van der Waals surface area contributed by atoms with Crippen molar-refractivity contribution in [3.8, 4) is 0 Å². The third-order valence-corrected chi connectivity index (χ3v) is 4.30. The Morgan fingerprint density at radius 3 is 2.17 bits per heavy atom. The van der Waals surface area contributed by atoms with Crippen molar-refractivity contribution < 1.29 is 14.3 Å². The van der Waals surface area contributed by atoms with E-state index in [-0.39, 0.29) is 11.7 Å². The zero-order valence-corrected chi connectivity index (χ0v) is 13.7. The Balaban J connectivity index is 1.68. The largest absolute Gasteiger partial charge is 0.361 e. The number of benzene rings is 2. The van der Waals surface area contributed by atoms with Gasteiger partial charge in [0.05, 0.1) is 6.61 Å². The summed E-state index contributed by atoms with van der Waals surface area (Å²) in [4.78, 5) is 26.4. The van der Waals surface area contributed by atoms with Gasteiger partial charge in [0.15, 0.2) is 11.9 Å². The summed E-state index contributed by atoms with van der Waals surface area (Å²) in [6, 6.07) is 18.9. The number of rotatable bonds is 7. The fraction of sp³-hybridized carbons (Fsp3) is 0.300. The van der Waals surface area contributed by atoms with Gasteiger partial charge in [0.25, 0.3) is 5.91 Å². The number of β-lactam (4-membered cyclic amide) rings is 1. The molecule has 2 aromatic rings. The lowest BCUT2D eigenvalue weighted by Gasteiger charge is -2.45. The molecule has 0 aromatic heterocycles. The summed E-state index contributed by atoms with van der Waals surface area (Å²) >= 11 is 0. The molecule has 0 bridgehead atoms. The summed E-state index contributed by atoms with van der Waals surface area (Å²) in [5, 5.41) is 0. The van der Waals surface area contributed by atoms with Crippen LogP contribution in [0.1, 0.15) is 24.5 Å². The standard InChI is InChI=1S/C20H21NO3/c1-2-17(22)18-19(24-14-16-11-7-4-8-12-16)20(23)21(18)13-15-9-5-3-6-10-15/h3-12,18-19H,2,13-14H2,1H3/t18-,19+/m0/s1. The van der Waals surface area contributed by atoms with Crippen molar-refractivity contribution in [3.05, 3.63) is 71.8 Å². The van der Waals surface area contributed by atoms with Gasteiger partial charge < -0.3 is 9.64 Å². The zero-order chi connectivity index (χ0) is 16.9. The van der Waals surface area contributed by atoms with Crippen LogP contribution >= 0.6 is 0 Å². The van der Waals surface area contributed by atoms with E-state index in [1.807, 2.05) is 67.6 Å². The van der Waals surface area contributed by atoms with Gasteiger partial charge in [-0.25, -0.2) is 0 Å². The highest BCUT2D eigenvalue weighted by atomic mass is 16.5. The Bertz CT molecular complexity index is 699. The highest BCUT2D eigenvalue weighted by Crippen LogP contribution is 2.28. The van der Waals surface area contributed by atoms with Gasteiger partial charge in [0.2, 0.25) is 0 Å². The summed E-state index contributed by atoms with van der Waals surface area (Å²) in [6.07, 6.45) is -0.268. The van der Waals surface area contributed by atoms with Crippen LogP contribution in [0.2, 0.25) is 0 Å². The van der Waals surface area contributed by atoms with Gasteiger partial charge in [0.1, 0.15) is 6.04 Å². The van der Waals surface area contributed by atoms with Crippen LogP contribution in [-0.2, 0) is 27.5 Å². The molecule has 2 aromatic carbocycles. The molecule has 4 nitrogen and oxygen atoms in total. The van der Waals surface area contributed by atoms with E-state index in [1.54, 1.807) is 4.90 Å². The lowest BCUT2D eigenvalue weighted by atomic mass is 9.91. The molecule has 1 aliphatic heterocycles. The van der Waals surface area contributed by atoms with Crippen LogP contribution in [0.25, 0.3) is 0 Å². The van der Waals surface area contributed by atoms with Crippen LogP contribution in [0.4, 0.5) is 0 Å². The van der Waals surface area contributed by atoms with Crippen LogP contribution < -0.4 is 0 Å². The third kappa shape index (κ3) is 3.39. The maximum absolute atomic E-state index is 12.5. The van der Waals surface area contributed by atoms with Crippen molar-refractivity contribution in [1.82, 2.24) is 4.90 Å². The van der Waals surface area contributed by atoms with Crippen LogP contribution in [0.3, 0.4) is 0 Å². The molecule has 0 unspecified atom stereocenters. The number of carbonyl (C=O) groups is 2. The monoisotopic (exact) mass is 323 g/mol. The van der Waals surface area contributed by atoms with Gasteiger partial charge in [-0.1, -0.05) is 67.6 Å². The van der Waals surface area contributed by atoms with Crippen molar-refractivity contribution in [1.29, 1.82) is 0 Å². The molecule has 0 spiro atoms. The third-order valence-electron chi connectivity index (χ3n) is 4.30. The van der Waals surface area contributed by atoms with E-state index in [9.17, 15) is 9.59 Å². The molecule has 0 radical (unpaired) electrons. The van der Waals surface area contributed by atoms with Crippen LogP contribution in [0.15, 0.2) is 60.7 Å². The summed E-state index contributed by atoms with van der Waals surface area (Å²) < 4.78 is 5.77. The molecule has 2 atom stereocenters. The average molecular weight is 323 g/mol. The Labute approximate surface area is 142 Å². The van der Waals surface area contributed by atoms with Gasteiger partial charge in [-0.2, -0.15) is 0 Å². The van der Waals surface area contributed by atoms with E-state index in [1.165, 1.54) is 0 Å². The van der Waals surface area contributed by atoms with Crippen LogP contribution in [0, 0.1) is 0 Å². The number of amides is 1. The lowest BCUT2D eigenvalue weighted by molar-refractivity contribution is -0.180. The van der Waals surface area contributed by atoms with Crippen molar-refractivity contribution in [2.24, 2.45) is 0 Å². The summed E-state index contributed by atoms with van der Waals surface area (Å²) in [6.45, 7) is 2.60. The Hall–Kier alpha value is -2.46. The van der Waals surface area contributed by atoms with Gasteiger partial charge in [0, 0.05) is 13.0 Å². The number of ether oxygens (including phenoxy) is 1. The number of Topliss-reactive ketones (excluding diaryl/α,β-unsaturated/α-hetero) is 1. The molecule has 4 heteroatoms. The number of hydrogen-bond acceptors (Lipinski definition) is 3. The second kappa shape index (κ2) is 7.41. The maximum Gasteiger partial charge on any atom is 0.255 e. The van der Waals surface area contributed by atoms with E-state index in [0.29, 0.717) is 19.6 Å². The van der Waals surface area contributed by atoms with Crippen molar-refractivity contribution in [2.75, 3.05) is 0 Å². The summed E-state index contributed by atoms with van der Waals surface area (Å²) in [5.41, 5.74) is 2.01. The molecule has 0 N–H and O–H groups in total. The first-order valence-electron chi connectivity index (χ1n) is 8.23. The second-order valence-electron chi connectivity index (χ2n) is 5.93. The zero-order valence-electron chi connectivity index (χ0n) is 13.7. The van der Waals surface area contributed by atoms with Gasteiger partial charge in [-0.3, -0.25) is 9.59 Å². The molecular weight excluding hydrogens is 302 g/mol. The van der Waals surface area contributed by atoms with E-state index >= 15 is 0 Å². The topological polar surface area (TPSA) is 46.6 Å². The Kier molecular flexibility index (Phi) is 5.06. The number of hydrogen-bond donors (Lipinski definition) is 0. The normalized spacial score (nSPS) is 19.9. The molecule has 0 saturated carbocycles. The molecular formula is C20H21NO3. The highest BCUT2D eigenvalue weighted by Gasteiger charge is 2.51. The predicted octanol–water partition coefficient (Wildman–Crippen LogP) is 2.96. The maximum atomic E-state index is 12.5. The number of nitrogens with zero attached hydrogens (tertiary/aromatic N) is 1. The molecule has 0 aliphatic carbocycles. The summed E-state index contributed by atoms with van der Waals surface area (Å²) in [7, 11) is 0. The lowest BCUT2D eigenvalue weighted by Crippen LogP contribution is -2.68. The fourth-order valence-corrected chi connectivity index (χ4v) is 2.95. The highest BCUT2D eigenvalue weighted by molar-refractivity contribution is 6.01. The Morgan fingerprint density at radius 1 is 1.00 bits per heavy atom. The molecule has 3 rings (SSSR count). The average Bonchev–Trinajstić information content (AvgIpc) is 2.64. The van der Waals surface area contributed by atoms with Crippen molar-refractivity contribution >= 4 is 11.7 Å². The van der Waals surface area contributed by atoms with E-state index in [2.05, 4.69) is 0 Å². The first kappa shape index (κ1) is 16.4. The minimum Gasteiger partial charge on any atom is -0.361 e. The van der Waals surface area contributed by atoms with Crippen LogP contribution in [-0.4, -0.2) is 28.7 Å². The summed E-state index contributed by atoms with van der Waals surface area (Å²) in [5.74, 6) is -0.0647. The molecule has 1 heterocycles. The first-order chi connectivity index (χ1) is 11.7. The number of likely N-dealkylation sites (tertiary alicyclic amines) is 1. The molecule has 1 fully saturated rings. The minimum atomic E-state index is -0.665. The van der Waals surface area contributed by atoms with Crippen molar-refractivity contribution in [3.63, 3.8) is 0 Å². The smallest absolute Gasteiger partial charge is 0.255 e. The molecule has 1 aliphatic rings. The van der Waals surface area contributed by atoms with Crippen LogP contribution in [0.5, 0.6) is 0 Å². The SMILES string of the molecule is CCC(=O)[C@H]1[C@@H](OCc2ccccc2)C(=O)N1Cc1ccccc1. The fourth-order valence-electron chi connectivity index (χ4n) is 2.95. The van der Waals surface area contributed by atoms with Crippen molar-refractivity contribution in [2.45, 2.75) is 38.6 Å². The quantitative estimate of drug-likeness (QED) is 0.736. The predicted molar refractivity (Wildman–Crippen MR) is 91.1 cm³/mol. The van der Waals surface area contributed by atoms with E-state index in [4.69, 9.17) is 4.74 Å². The molecule has 1 amide bonds. The molecule has 124 valence electrons. The Morgan fingerprint density at radius 2 is 1.58 bits per heavy atom.